The molecule has 7 nitrogen and oxygen atoms in total. The van der Waals surface area contributed by atoms with Gasteiger partial charge in [0.1, 0.15) is 5.69 Å². The fourth-order valence-corrected chi connectivity index (χ4v) is 4.97. The molecule has 7 heteroatoms. The van der Waals surface area contributed by atoms with E-state index in [0.717, 1.165) is 11.6 Å². The molecule has 0 bridgehead atoms. The first-order valence-electron chi connectivity index (χ1n) is 9.55. The molecule has 0 radical (unpaired) electrons. The lowest BCUT2D eigenvalue weighted by Gasteiger charge is -2.17. The molecule has 1 spiro atoms. The van der Waals surface area contributed by atoms with Crippen molar-refractivity contribution in [3.05, 3.63) is 60.4 Å². The van der Waals surface area contributed by atoms with E-state index in [1.807, 2.05) is 48.1 Å². The molecule has 1 aliphatic carbocycles. The van der Waals surface area contributed by atoms with E-state index in [4.69, 9.17) is 0 Å². The Kier molecular flexibility index (Phi) is 3.96. The smallest absolute Gasteiger partial charge is 0.160 e. The zero-order valence-corrected chi connectivity index (χ0v) is 15.7. The van der Waals surface area contributed by atoms with E-state index < -0.39 is 6.10 Å². The Hall–Kier alpha value is -2.77. The number of β-amino-alcohol motifs (C(OH)–C–C–N with tert-alkyl or cyclic N) is 1. The van der Waals surface area contributed by atoms with Crippen LogP contribution < -0.4 is 4.90 Å². The third-order valence-electron chi connectivity index (χ3n) is 6.42. The molecule has 3 aromatic rings. The number of aliphatic hydroxyl groups is 2. The zero-order chi connectivity index (χ0) is 19.3. The maximum absolute atomic E-state index is 10.9. The molecular weight excluding hydrogens is 354 g/mol. The molecule has 1 saturated carbocycles. The van der Waals surface area contributed by atoms with E-state index in [9.17, 15) is 10.2 Å². The zero-order valence-electron chi connectivity index (χ0n) is 15.7. The molecule has 2 N–H and O–H groups in total. The number of rotatable bonds is 4. The van der Waals surface area contributed by atoms with Gasteiger partial charge in [-0.15, -0.1) is 10.2 Å². The van der Waals surface area contributed by atoms with Gasteiger partial charge in [0.05, 0.1) is 6.10 Å². The van der Waals surface area contributed by atoms with Crippen LogP contribution >= 0.6 is 0 Å². The second-order valence-electron chi connectivity index (χ2n) is 7.82. The summed E-state index contributed by atoms with van der Waals surface area (Å²) in [6, 6.07) is 14.0. The van der Waals surface area contributed by atoms with Gasteiger partial charge in [0.25, 0.3) is 0 Å². The molecule has 28 heavy (non-hydrogen) atoms. The largest absolute Gasteiger partial charge is 0.396 e. The summed E-state index contributed by atoms with van der Waals surface area (Å²) in [5.74, 6) is 1.74. The maximum atomic E-state index is 10.9. The summed E-state index contributed by atoms with van der Waals surface area (Å²) in [6.07, 6.45) is 3.10. The van der Waals surface area contributed by atoms with Gasteiger partial charge in [0, 0.05) is 44.6 Å². The highest BCUT2D eigenvalue weighted by Crippen LogP contribution is 2.68. The van der Waals surface area contributed by atoms with Gasteiger partial charge < -0.3 is 19.7 Å². The first kappa shape index (κ1) is 17.3. The van der Waals surface area contributed by atoms with Crippen molar-refractivity contribution in [1.82, 2.24) is 19.7 Å². The number of hydrogen-bond acceptors (Lipinski definition) is 6. The number of anilines is 1. The summed E-state index contributed by atoms with van der Waals surface area (Å²) in [5.41, 5.74) is 1.57. The molecule has 2 aromatic heterocycles. The van der Waals surface area contributed by atoms with Crippen molar-refractivity contribution in [2.24, 2.45) is 18.4 Å². The van der Waals surface area contributed by atoms with Crippen molar-refractivity contribution in [3.8, 4) is 11.5 Å². The van der Waals surface area contributed by atoms with E-state index in [0.29, 0.717) is 18.8 Å². The van der Waals surface area contributed by atoms with Crippen LogP contribution in [0, 0.1) is 11.3 Å². The van der Waals surface area contributed by atoms with Crippen LogP contribution in [-0.4, -0.2) is 55.8 Å². The number of hydrogen-bond donors (Lipinski definition) is 2. The van der Waals surface area contributed by atoms with Crippen LogP contribution in [-0.2, 0) is 7.05 Å². The molecule has 5 rings (SSSR count). The van der Waals surface area contributed by atoms with Crippen LogP contribution in [0.15, 0.2) is 54.9 Å². The molecule has 1 aliphatic heterocycles. The lowest BCUT2D eigenvalue weighted by molar-refractivity contribution is 0.113. The fourth-order valence-electron chi connectivity index (χ4n) is 4.97. The number of imidazole rings is 1. The SMILES string of the molecule is Cn1ccnc1-c1ccc(N2C[C@H](O)[C@@]3(C2)[C@H](CO)[C@H]3c2ccccc2)nn1. The van der Waals surface area contributed by atoms with Gasteiger partial charge in [0.2, 0.25) is 0 Å². The third-order valence-corrected chi connectivity index (χ3v) is 6.42. The van der Waals surface area contributed by atoms with Gasteiger partial charge in [-0.05, 0) is 29.5 Å². The summed E-state index contributed by atoms with van der Waals surface area (Å²) in [5, 5.41) is 29.6. The van der Waals surface area contributed by atoms with Crippen molar-refractivity contribution < 1.29 is 10.2 Å². The monoisotopic (exact) mass is 377 g/mol. The molecule has 144 valence electrons. The predicted molar refractivity (Wildman–Crippen MR) is 105 cm³/mol. The quantitative estimate of drug-likeness (QED) is 0.716. The van der Waals surface area contributed by atoms with Crippen molar-refractivity contribution in [3.63, 3.8) is 0 Å². The number of benzene rings is 1. The van der Waals surface area contributed by atoms with E-state index in [1.54, 1.807) is 6.20 Å². The number of nitrogens with zero attached hydrogens (tertiary/aromatic N) is 5. The van der Waals surface area contributed by atoms with Crippen LogP contribution in [0.2, 0.25) is 0 Å². The standard InChI is InChI=1S/C21H23N5O2/c1-25-10-9-22-20(25)16-7-8-18(24-23-16)26-11-17(28)21(13-26)15(12-27)19(21)14-5-3-2-4-6-14/h2-10,15,17,19,27-28H,11-13H2,1H3/t15-,17+,19-,21-/m1/s1. The average molecular weight is 377 g/mol. The Morgan fingerprint density at radius 1 is 1.14 bits per heavy atom. The van der Waals surface area contributed by atoms with Crippen LogP contribution in [0.25, 0.3) is 11.5 Å². The van der Waals surface area contributed by atoms with Crippen LogP contribution in [0.4, 0.5) is 5.82 Å². The average Bonchev–Trinajstić information content (AvgIpc) is 2.95. The maximum Gasteiger partial charge on any atom is 0.160 e. The van der Waals surface area contributed by atoms with Gasteiger partial charge in [-0.3, -0.25) is 0 Å². The number of aryl methyl sites for hydroxylation is 1. The van der Waals surface area contributed by atoms with E-state index in [1.165, 1.54) is 5.56 Å². The lowest BCUT2D eigenvalue weighted by Crippen LogP contribution is -2.23. The molecule has 0 amide bonds. The number of aromatic nitrogens is 4. The van der Waals surface area contributed by atoms with Gasteiger partial charge in [-0.2, -0.15) is 0 Å². The highest BCUT2D eigenvalue weighted by atomic mass is 16.3. The second kappa shape index (κ2) is 6.39. The highest BCUT2D eigenvalue weighted by Gasteiger charge is 2.71. The Labute approximate surface area is 163 Å². The summed E-state index contributed by atoms with van der Waals surface area (Å²) in [6.45, 7) is 1.24. The topological polar surface area (TPSA) is 87.3 Å². The molecule has 0 unspecified atom stereocenters. The molecule has 4 atom stereocenters. The lowest BCUT2D eigenvalue weighted by atomic mass is 9.95. The Morgan fingerprint density at radius 2 is 1.96 bits per heavy atom. The van der Waals surface area contributed by atoms with Crippen molar-refractivity contribution in [2.45, 2.75) is 12.0 Å². The van der Waals surface area contributed by atoms with E-state index >= 15 is 0 Å². The van der Waals surface area contributed by atoms with Crippen molar-refractivity contribution in [2.75, 3.05) is 24.6 Å². The van der Waals surface area contributed by atoms with Gasteiger partial charge >= 0.3 is 0 Å². The minimum Gasteiger partial charge on any atom is -0.396 e. The fraction of sp³-hybridized carbons (Fsp3) is 0.381. The van der Waals surface area contributed by atoms with Gasteiger partial charge in [0.15, 0.2) is 11.6 Å². The van der Waals surface area contributed by atoms with Gasteiger partial charge in [-0.1, -0.05) is 30.3 Å². The first-order valence-corrected chi connectivity index (χ1v) is 9.55. The van der Waals surface area contributed by atoms with Crippen molar-refractivity contribution in [1.29, 1.82) is 0 Å². The van der Waals surface area contributed by atoms with Crippen LogP contribution in [0.3, 0.4) is 0 Å². The summed E-state index contributed by atoms with van der Waals surface area (Å²) < 4.78 is 1.90. The van der Waals surface area contributed by atoms with Crippen LogP contribution in [0.5, 0.6) is 0 Å². The minimum absolute atomic E-state index is 0.0645. The predicted octanol–water partition coefficient (Wildman–Crippen LogP) is 1.45. The summed E-state index contributed by atoms with van der Waals surface area (Å²) >= 11 is 0. The molecule has 2 aliphatic rings. The highest BCUT2D eigenvalue weighted by molar-refractivity contribution is 5.53. The molecule has 1 aromatic carbocycles. The van der Waals surface area contributed by atoms with Crippen LogP contribution in [0.1, 0.15) is 11.5 Å². The molecule has 2 fully saturated rings. The Morgan fingerprint density at radius 3 is 2.61 bits per heavy atom. The molecule has 1 saturated heterocycles. The Bertz CT molecular complexity index is 974. The minimum atomic E-state index is -0.508. The van der Waals surface area contributed by atoms with Crippen molar-refractivity contribution >= 4 is 5.82 Å². The summed E-state index contributed by atoms with van der Waals surface area (Å²) in [7, 11) is 1.92. The normalized spacial score (nSPS) is 28.8. The number of aliphatic hydroxyl groups excluding tert-OH is 2. The van der Waals surface area contributed by atoms with Gasteiger partial charge in [-0.25, -0.2) is 4.98 Å². The second-order valence-corrected chi connectivity index (χ2v) is 7.82. The van der Waals surface area contributed by atoms with E-state index in [2.05, 4.69) is 32.2 Å². The first-order chi connectivity index (χ1) is 13.6. The third kappa shape index (κ3) is 2.47. The molecule has 3 heterocycles. The molecular formula is C21H23N5O2. The van der Waals surface area contributed by atoms with E-state index in [-0.39, 0.29) is 23.9 Å². The summed E-state index contributed by atoms with van der Waals surface area (Å²) in [4.78, 5) is 6.38. The Balaban J connectivity index is 1.40.